The van der Waals surface area contributed by atoms with Gasteiger partial charge in [-0.25, -0.2) is 9.59 Å². The van der Waals surface area contributed by atoms with Gasteiger partial charge in [0.15, 0.2) is 0 Å². The lowest BCUT2D eigenvalue weighted by Crippen LogP contribution is -2.46. The van der Waals surface area contributed by atoms with Crippen molar-refractivity contribution in [1.29, 1.82) is 0 Å². The fourth-order valence-electron chi connectivity index (χ4n) is 1.10. The molecule has 2 atom stereocenters. The molecule has 0 heterocycles. The van der Waals surface area contributed by atoms with E-state index in [0.29, 0.717) is 0 Å². The Morgan fingerprint density at radius 1 is 1.00 bits per heavy atom. The van der Waals surface area contributed by atoms with E-state index in [-0.39, 0.29) is 12.2 Å². The quantitative estimate of drug-likeness (QED) is 0.672. The Morgan fingerprint density at radius 2 is 1.36 bits per heavy atom. The number of hydrogen-bond donors (Lipinski definition) is 2. The molecule has 14 heavy (non-hydrogen) atoms. The number of rotatable bonds is 2. The van der Waals surface area contributed by atoms with Gasteiger partial charge >= 0.3 is 12.2 Å². The highest BCUT2D eigenvalue weighted by Crippen LogP contribution is 2.26. The van der Waals surface area contributed by atoms with Crippen LogP contribution >= 0.6 is 0 Å². The van der Waals surface area contributed by atoms with Crippen molar-refractivity contribution in [2.45, 2.75) is 25.0 Å². The molecule has 2 amide bonds. The lowest BCUT2D eigenvalue weighted by Gasteiger charge is -2.34. The summed E-state index contributed by atoms with van der Waals surface area (Å²) in [5, 5.41) is 4.67. The number of carbonyl (C=O) groups is 2. The fraction of sp³-hybridized carbons (Fsp3) is 0.750. The van der Waals surface area contributed by atoms with Gasteiger partial charge in [-0.05, 0) is 12.8 Å². The van der Waals surface area contributed by atoms with Crippen molar-refractivity contribution in [2.24, 2.45) is 0 Å². The van der Waals surface area contributed by atoms with E-state index in [1.165, 1.54) is 14.1 Å². The van der Waals surface area contributed by atoms with Crippen LogP contribution in [-0.2, 0) is 9.47 Å². The van der Waals surface area contributed by atoms with Gasteiger partial charge in [0.1, 0.15) is 12.2 Å². The summed E-state index contributed by atoms with van der Waals surface area (Å²) < 4.78 is 9.88. The SMILES string of the molecule is CNC(=O)OC1CCC1OC(=O)NC. The van der Waals surface area contributed by atoms with Gasteiger partial charge in [-0.2, -0.15) is 0 Å². The van der Waals surface area contributed by atoms with Crippen molar-refractivity contribution in [3.05, 3.63) is 0 Å². The Bertz CT molecular complexity index is 207. The summed E-state index contributed by atoms with van der Waals surface area (Å²) in [6.45, 7) is 0. The molecule has 1 saturated carbocycles. The molecule has 0 aromatic heterocycles. The minimum atomic E-state index is -0.500. The molecule has 0 aromatic carbocycles. The first kappa shape index (κ1) is 10.6. The van der Waals surface area contributed by atoms with Crippen LogP contribution in [0.25, 0.3) is 0 Å². The van der Waals surface area contributed by atoms with Gasteiger partial charge < -0.3 is 20.1 Å². The van der Waals surface area contributed by atoms with Crippen molar-refractivity contribution in [1.82, 2.24) is 10.6 Å². The van der Waals surface area contributed by atoms with Crippen molar-refractivity contribution < 1.29 is 19.1 Å². The van der Waals surface area contributed by atoms with E-state index >= 15 is 0 Å². The maximum Gasteiger partial charge on any atom is 0.407 e. The zero-order chi connectivity index (χ0) is 10.6. The first-order valence-electron chi connectivity index (χ1n) is 4.44. The van der Waals surface area contributed by atoms with Crippen molar-refractivity contribution in [3.8, 4) is 0 Å². The van der Waals surface area contributed by atoms with Gasteiger partial charge in [0.05, 0.1) is 0 Å². The van der Waals surface area contributed by atoms with Crippen LogP contribution < -0.4 is 10.6 Å². The molecule has 0 spiro atoms. The summed E-state index contributed by atoms with van der Waals surface area (Å²) in [5.41, 5.74) is 0. The Hall–Kier alpha value is -1.46. The predicted molar refractivity (Wildman–Crippen MR) is 47.9 cm³/mol. The largest absolute Gasteiger partial charge is 0.442 e. The molecule has 1 aliphatic carbocycles. The van der Waals surface area contributed by atoms with E-state index in [1.54, 1.807) is 0 Å². The van der Waals surface area contributed by atoms with E-state index in [0.717, 1.165) is 12.8 Å². The molecule has 2 N–H and O–H groups in total. The maximum atomic E-state index is 10.8. The summed E-state index contributed by atoms with van der Waals surface area (Å²) >= 11 is 0. The van der Waals surface area contributed by atoms with Crippen molar-refractivity contribution in [3.63, 3.8) is 0 Å². The van der Waals surface area contributed by atoms with Crippen LogP contribution in [-0.4, -0.2) is 38.5 Å². The average molecular weight is 202 g/mol. The second-order valence-electron chi connectivity index (χ2n) is 2.96. The first-order valence-corrected chi connectivity index (χ1v) is 4.44. The van der Waals surface area contributed by atoms with Crippen LogP contribution in [0.15, 0.2) is 0 Å². The predicted octanol–water partition coefficient (Wildman–Crippen LogP) is 0.229. The molecule has 2 unspecified atom stereocenters. The third kappa shape index (κ3) is 2.51. The van der Waals surface area contributed by atoms with E-state index in [4.69, 9.17) is 9.47 Å². The molecule has 0 aromatic rings. The van der Waals surface area contributed by atoms with Gasteiger partial charge in [-0.1, -0.05) is 0 Å². The number of alkyl carbamates (subject to hydrolysis) is 2. The molecule has 0 bridgehead atoms. The zero-order valence-electron chi connectivity index (χ0n) is 8.20. The van der Waals surface area contributed by atoms with Crippen molar-refractivity contribution in [2.75, 3.05) is 14.1 Å². The van der Waals surface area contributed by atoms with Crippen LogP contribution in [0, 0.1) is 0 Å². The number of nitrogens with one attached hydrogen (secondary N) is 2. The molecule has 6 nitrogen and oxygen atoms in total. The van der Waals surface area contributed by atoms with Crippen LogP contribution in [0.2, 0.25) is 0 Å². The van der Waals surface area contributed by atoms with Crippen LogP contribution in [0.1, 0.15) is 12.8 Å². The first-order chi connectivity index (χ1) is 6.67. The third-order valence-electron chi connectivity index (χ3n) is 2.08. The standard InChI is InChI=1S/C8H14N2O4/c1-9-7(11)13-5-3-4-6(5)14-8(12)10-2/h5-6H,3-4H2,1-2H3,(H,9,11)(H,10,12). The lowest BCUT2D eigenvalue weighted by molar-refractivity contribution is -0.0658. The Kier molecular flexibility index (Phi) is 3.55. The second-order valence-corrected chi connectivity index (χ2v) is 2.96. The van der Waals surface area contributed by atoms with Gasteiger partial charge in [-0.3, -0.25) is 0 Å². The van der Waals surface area contributed by atoms with Crippen LogP contribution in [0.5, 0.6) is 0 Å². The second kappa shape index (κ2) is 4.69. The number of ether oxygens (including phenoxy) is 2. The van der Waals surface area contributed by atoms with Gasteiger partial charge in [0.2, 0.25) is 0 Å². The highest BCUT2D eigenvalue weighted by molar-refractivity contribution is 5.68. The van der Waals surface area contributed by atoms with E-state index in [1.807, 2.05) is 0 Å². The van der Waals surface area contributed by atoms with E-state index < -0.39 is 12.2 Å². The number of amides is 2. The normalized spacial score (nSPS) is 24.4. The molecular formula is C8H14N2O4. The Labute approximate surface area is 81.9 Å². The van der Waals surface area contributed by atoms with E-state index in [9.17, 15) is 9.59 Å². The molecule has 80 valence electrons. The van der Waals surface area contributed by atoms with Crippen molar-refractivity contribution >= 4 is 12.2 Å². The molecule has 6 heteroatoms. The molecule has 0 saturated heterocycles. The topological polar surface area (TPSA) is 76.7 Å². The molecule has 1 rings (SSSR count). The molecular weight excluding hydrogens is 188 g/mol. The van der Waals surface area contributed by atoms with Crippen LogP contribution in [0.3, 0.4) is 0 Å². The third-order valence-corrected chi connectivity index (χ3v) is 2.08. The Morgan fingerprint density at radius 3 is 1.57 bits per heavy atom. The van der Waals surface area contributed by atoms with Crippen LogP contribution in [0.4, 0.5) is 9.59 Å². The number of carbonyl (C=O) groups excluding carboxylic acids is 2. The molecule has 0 aliphatic heterocycles. The monoisotopic (exact) mass is 202 g/mol. The molecule has 0 radical (unpaired) electrons. The summed E-state index contributed by atoms with van der Waals surface area (Å²) in [7, 11) is 2.96. The Balaban J connectivity index is 2.28. The molecule has 1 aliphatic rings. The maximum absolute atomic E-state index is 10.8. The highest BCUT2D eigenvalue weighted by Gasteiger charge is 2.37. The zero-order valence-corrected chi connectivity index (χ0v) is 8.20. The summed E-state index contributed by atoms with van der Waals surface area (Å²) in [5.74, 6) is 0. The smallest absolute Gasteiger partial charge is 0.407 e. The van der Waals surface area contributed by atoms with Gasteiger partial charge in [0.25, 0.3) is 0 Å². The van der Waals surface area contributed by atoms with Gasteiger partial charge in [-0.15, -0.1) is 0 Å². The minimum absolute atomic E-state index is 0.313. The summed E-state index contributed by atoms with van der Waals surface area (Å²) in [6, 6.07) is 0. The lowest BCUT2D eigenvalue weighted by atomic mass is 9.92. The highest BCUT2D eigenvalue weighted by atomic mass is 16.6. The summed E-state index contributed by atoms with van der Waals surface area (Å²) in [6.07, 6.45) is -0.163. The van der Waals surface area contributed by atoms with Gasteiger partial charge in [0, 0.05) is 14.1 Å². The molecule has 1 fully saturated rings. The van der Waals surface area contributed by atoms with E-state index in [2.05, 4.69) is 10.6 Å². The minimum Gasteiger partial charge on any atom is -0.442 e. The number of hydrogen-bond acceptors (Lipinski definition) is 4. The summed E-state index contributed by atoms with van der Waals surface area (Å²) in [4.78, 5) is 21.7. The fourth-order valence-corrected chi connectivity index (χ4v) is 1.10. The average Bonchev–Trinajstić information content (AvgIpc) is 2.19.